The van der Waals surface area contributed by atoms with Crippen LogP contribution in [0.3, 0.4) is 0 Å². The number of carbonyl (C=O) groups is 1. The van der Waals surface area contributed by atoms with Crippen LogP contribution in [0.1, 0.15) is 6.92 Å². The van der Waals surface area contributed by atoms with Crippen molar-refractivity contribution < 1.29 is 84.9 Å². The molecule has 0 spiro atoms. The summed E-state index contributed by atoms with van der Waals surface area (Å²) < 4.78 is 198. The minimum absolute atomic E-state index is 0.644. The molecule has 0 aliphatic rings. The second kappa shape index (κ2) is 8.21. The zero-order chi connectivity index (χ0) is 25.5. The largest absolute Gasteiger partial charge is 0.453 e. The van der Waals surface area contributed by atoms with Gasteiger partial charge < -0.3 is 4.74 Å². The fourth-order valence-electron chi connectivity index (χ4n) is 1.33. The lowest BCUT2D eigenvalue weighted by atomic mass is 10.0. The topological polar surface area (TPSA) is 44.8 Å². The SMILES string of the molecule is C=C(C)C(=O)OCC(F)(F)OC(F)(F)C(F)(F)OC(F)(F)C(F)(C(F)(F)F)C(F)(F)F. The van der Waals surface area contributed by atoms with Crippen LogP contribution in [-0.4, -0.2) is 55.0 Å². The van der Waals surface area contributed by atoms with E-state index in [0.29, 0.717) is 0 Å². The van der Waals surface area contributed by atoms with E-state index in [9.17, 15) is 70.7 Å². The molecule has 0 fully saturated rings. The molecule has 0 aliphatic carbocycles. The highest BCUT2D eigenvalue weighted by molar-refractivity contribution is 5.86. The highest BCUT2D eigenvalue weighted by Gasteiger charge is 2.88. The van der Waals surface area contributed by atoms with Gasteiger partial charge in [-0.3, -0.25) is 0 Å². The van der Waals surface area contributed by atoms with Gasteiger partial charge in [0.15, 0.2) is 6.61 Å². The lowest BCUT2D eigenvalue weighted by molar-refractivity contribution is -0.544. The lowest BCUT2D eigenvalue weighted by Gasteiger charge is -2.38. The van der Waals surface area contributed by atoms with Gasteiger partial charge in [0.2, 0.25) is 0 Å². The molecule has 184 valence electrons. The molecule has 0 aromatic rings. The molecular weight excluding hydrogens is 493 g/mol. The van der Waals surface area contributed by atoms with Crippen molar-refractivity contribution in [3.63, 3.8) is 0 Å². The van der Waals surface area contributed by atoms with E-state index >= 15 is 0 Å². The molecule has 0 bridgehead atoms. The van der Waals surface area contributed by atoms with Gasteiger partial charge in [0.25, 0.3) is 0 Å². The van der Waals surface area contributed by atoms with E-state index in [1.807, 2.05) is 0 Å². The van der Waals surface area contributed by atoms with Gasteiger partial charge in [0, 0.05) is 5.57 Å². The molecule has 0 saturated carbocycles. The molecule has 0 aliphatic heterocycles. The Kier molecular flexibility index (Phi) is 7.70. The number of hydrogen-bond donors (Lipinski definition) is 0. The quantitative estimate of drug-likeness (QED) is 0.244. The molecule has 0 N–H and O–H groups in total. The van der Waals surface area contributed by atoms with Crippen molar-refractivity contribution in [3.05, 3.63) is 12.2 Å². The number of ether oxygens (including phenoxy) is 3. The number of halogens is 15. The number of alkyl halides is 15. The van der Waals surface area contributed by atoms with E-state index in [2.05, 4.69) is 16.1 Å². The van der Waals surface area contributed by atoms with E-state index in [1.54, 1.807) is 0 Å². The molecule has 31 heavy (non-hydrogen) atoms. The first-order valence-electron chi connectivity index (χ1n) is 6.81. The van der Waals surface area contributed by atoms with Gasteiger partial charge in [-0.1, -0.05) is 6.58 Å². The molecular formula is C12H7F15O4. The molecule has 0 radical (unpaired) electrons. The van der Waals surface area contributed by atoms with Crippen LogP contribution in [0, 0.1) is 0 Å². The van der Waals surface area contributed by atoms with E-state index in [0.717, 1.165) is 6.92 Å². The normalized spacial score (nSPS) is 15.1. The summed E-state index contributed by atoms with van der Waals surface area (Å²) in [6, 6.07) is 0. The number of rotatable bonds is 9. The van der Waals surface area contributed by atoms with E-state index in [-0.39, 0.29) is 0 Å². The van der Waals surface area contributed by atoms with Crippen LogP contribution in [0.25, 0.3) is 0 Å². The van der Waals surface area contributed by atoms with Gasteiger partial charge in [-0.15, -0.1) is 0 Å². The molecule has 4 nitrogen and oxygen atoms in total. The van der Waals surface area contributed by atoms with Crippen molar-refractivity contribution in [1.82, 2.24) is 0 Å². The second-order valence-electron chi connectivity index (χ2n) is 5.40. The fourth-order valence-corrected chi connectivity index (χ4v) is 1.33. The third-order valence-electron chi connectivity index (χ3n) is 2.77. The van der Waals surface area contributed by atoms with Gasteiger partial charge in [-0.05, 0) is 6.92 Å². The Morgan fingerprint density at radius 2 is 1.03 bits per heavy atom. The summed E-state index contributed by atoms with van der Waals surface area (Å²) in [4.78, 5) is 10.8. The van der Waals surface area contributed by atoms with Gasteiger partial charge in [0.05, 0.1) is 0 Å². The summed E-state index contributed by atoms with van der Waals surface area (Å²) in [5, 5.41) is 0. The Morgan fingerprint density at radius 3 is 1.35 bits per heavy atom. The highest BCUT2D eigenvalue weighted by atomic mass is 19.4. The minimum atomic E-state index is -7.98. The van der Waals surface area contributed by atoms with Crippen LogP contribution in [0.5, 0.6) is 0 Å². The average Bonchev–Trinajstić information content (AvgIpc) is 2.47. The standard InChI is InChI=1S/C12H7F15O4/c1-4(2)5(28)29-3-6(13,14)30-11(24,25)12(26,27)31-10(22,23)7(15,8(16,17)18)9(19,20)21/h1,3H2,2H3. The highest BCUT2D eigenvalue weighted by Crippen LogP contribution is 2.57. The van der Waals surface area contributed by atoms with Crippen molar-refractivity contribution >= 4 is 5.97 Å². The van der Waals surface area contributed by atoms with E-state index in [4.69, 9.17) is 0 Å². The van der Waals surface area contributed by atoms with E-state index in [1.165, 1.54) is 4.74 Å². The molecule has 0 unspecified atom stereocenters. The molecule has 0 rings (SSSR count). The summed E-state index contributed by atoms with van der Waals surface area (Å²) >= 11 is 0. The maximum Gasteiger partial charge on any atom is 0.453 e. The Labute approximate surface area is 160 Å². The van der Waals surface area contributed by atoms with E-state index < -0.39 is 60.6 Å². The third-order valence-corrected chi connectivity index (χ3v) is 2.77. The van der Waals surface area contributed by atoms with Crippen molar-refractivity contribution in [2.24, 2.45) is 0 Å². The zero-order valence-corrected chi connectivity index (χ0v) is 14.2. The molecule has 19 heteroatoms. The molecule has 0 amide bonds. The molecule has 0 saturated heterocycles. The first-order valence-corrected chi connectivity index (χ1v) is 6.81. The predicted molar refractivity (Wildman–Crippen MR) is 63.7 cm³/mol. The summed E-state index contributed by atoms with van der Waals surface area (Å²) in [5.74, 6) is -1.74. The Bertz CT molecular complexity index is 664. The van der Waals surface area contributed by atoms with Crippen LogP contribution in [0.2, 0.25) is 0 Å². The molecule has 0 heterocycles. The summed E-state index contributed by atoms with van der Waals surface area (Å²) in [5.41, 5.74) is -8.62. The summed E-state index contributed by atoms with van der Waals surface area (Å²) in [7, 11) is 0. The Hall–Kier alpha value is -1.92. The van der Waals surface area contributed by atoms with Crippen molar-refractivity contribution in [1.29, 1.82) is 0 Å². The first-order chi connectivity index (χ1) is 13.2. The Balaban J connectivity index is 5.88. The Morgan fingerprint density at radius 1 is 0.677 bits per heavy atom. The number of carbonyl (C=O) groups excluding carboxylic acids is 1. The van der Waals surface area contributed by atoms with Crippen molar-refractivity contribution in [2.45, 2.75) is 49.4 Å². The van der Waals surface area contributed by atoms with Gasteiger partial charge in [-0.25, -0.2) is 18.7 Å². The van der Waals surface area contributed by atoms with Crippen LogP contribution in [0.4, 0.5) is 65.9 Å². The zero-order valence-electron chi connectivity index (χ0n) is 14.2. The smallest absolute Gasteiger partial charge is 0.453 e. The van der Waals surface area contributed by atoms with Gasteiger partial charge in [0.1, 0.15) is 0 Å². The first kappa shape index (κ1) is 29.1. The second-order valence-corrected chi connectivity index (χ2v) is 5.40. The van der Waals surface area contributed by atoms with Crippen molar-refractivity contribution in [2.75, 3.05) is 6.61 Å². The van der Waals surface area contributed by atoms with Crippen molar-refractivity contribution in [3.8, 4) is 0 Å². The third kappa shape index (κ3) is 6.07. The van der Waals surface area contributed by atoms with Gasteiger partial charge in [-0.2, -0.15) is 61.5 Å². The summed E-state index contributed by atoms with van der Waals surface area (Å²) in [6.45, 7) is 1.02. The lowest BCUT2D eigenvalue weighted by Crippen LogP contribution is -2.68. The number of esters is 1. The average molecular weight is 500 g/mol. The summed E-state index contributed by atoms with van der Waals surface area (Å²) in [6.07, 6.45) is -43.6. The van der Waals surface area contributed by atoms with Crippen LogP contribution < -0.4 is 0 Å². The van der Waals surface area contributed by atoms with Crippen LogP contribution in [0.15, 0.2) is 12.2 Å². The van der Waals surface area contributed by atoms with Crippen LogP contribution >= 0.6 is 0 Å². The fraction of sp³-hybridized carbons (Fsp3) is 0.750. The molecule has 0 aromatic heterocycles. The number of hydrogen-bond acceptors (Lipinski definition) is 4. The maximum atomic E-state index is 13.2. The predicted octanol–water partition coefficient (Wildman–Crippen LogP) is 5.34. The minimum Gasteiger partial charge on any atom is -0.453 e. The monoisotopic (exact) mass is 500 g/mol. The van der Waals surface area contributed by atoms with Gasteiger partial charge >= 0.3 is 48.4 Å². The maximum absolute atomic E-state index is 13.2. The molecule has 0 aromatic carbocycles. The molecule has 0 atom stereocenters. The van der Waals surface area contributed by atoms with Crippen LogP contribution in [-0.2, 0) is 19.0 Å².